The molecule has 1 aromatic rings. The highest BCUT2D eigenvalue weighted by atomic mass is 16.3. The zero-order valence-corrected chi connectivity index (χ0v) is 14.2. The molecule has 0 amide bonds. The molecule has 0 fully saturated rings. The van der Waals surface area contributed by atoms with E-state index < -0.39 is 0 Å². The highest BCUT2D eigenvalue weighted by molar-refractivity contribution is 5.34. The van der Waals surface area contributed by atoms with Crippen LogP contribution in [0.15, 0.2) is 24.3 Å². The summed E-state index contributed by atoms with van der Waals surface area (Å²) in [5.41, 5.74) is 3.31. The van der Waals surface area contributed by atoms with Crippen molar-refractivity contribution in [1.82, 2.24) is 5.32 Å². The number of hydrogen-bond donors (Lipinski definition) is 2. The molecule has 0 radical (unpaired) electrons. The summed E-state index contributed by atoms with van der Waals surface area (Å²) in [6.45, 7) is 11.7. The molecule has 0 saturated heterocycles. The van der Waals surface area contributed by atoms with Crippen molar-refractivity contribution in [1.29, 1.82) is 0 Å². The largest absolute Gasteiger partial charge is 0.396 e. The normalized spacial score (nSPS) is 22.7. The van der Waals surface area contributed by atoms with E-state index in [1.54, 1.807) is 0 Å². The molecule has 2 atom stereocenters. The lowest BCUT2D eigenvalue weighted by Crippen LogP contribution is -2.48. The van der Waals surface area contributed by atoms with Crippen LogP contribution in [0.3, 0.4) is 0 Å². The van der Waals surface area contributed by atoms with E-state index in [0.29, 0.717) is 12.1 Å². The van der Waals surface area contributed by atoms with E-state index in [4.69, 9.17) is 0 Å². The van der Waals surface area contributed by atoms with Gasteiger partial charge in [0.05, 0.1) is 0 Å². The third-order valence-electron chi connectivity index (χ3n) is 5.02. The van der Waals surface area contributed by atoms with Crippen LogP contribution in [-0.2, 0) is 6.42 Å². The minimum absolute atomic E-state index is 0.144. The van der Waals surface area contributed by atoms with Crippen LogP contribution >= 0.6 is 0 Å². The molecule has 21 heavy (non-hydrogen) atoms. The van der Waals surface area contributed by atoms with E-state index in [2.05, 4.69) is 64.2 Å². The minimum atomic E-state index is 0.144. The third kappa shape index (κ3) is 3.67. The summed E-state index contributed by atoms with van der Waals surface area (Å²) in [4.78, 5) is 0. The smallest absolute Gasteiger partial charge is 0.0446 e. The molecule has 0 heterocycles. The quantitative estimate of drug-likeness (QED) is 0.875. The first-order chi connectivity index (χ1) is 9.75. The van der Waals surface area contributed by atoms with Gasteiger partial charge in [-0.2, -0.15) is 0 Å². The second-order valence-corrected chi connectivity index (χ2v) is 8.22. The van der Waals surface area contributed by atoms with Crippen molar-refractivity contribution in [2.45, 2.75) is 66.0 Å². The Bertz CT molecular complexity index is 473. The number of nitrogens with one attached hydrogen (secondary N) is 1. The van der Waals surface area contributed by atoms with Crippen LogP contribution in [0.25, 0.3) is 0 Å². The maximum atomic E-state index is 9.41. The summed E-state index contributed by atoms with van der Waals surface area (Å²) < 4.78 is 0. The predicted molar refractivity (Wildman–Crippen MR) is 89.4 cm³/mol. The number of aryl methyl sites for hydroxylation is 1. The molecule has 0 aliphatic heterocycles. The Morgan fingerprint density at radius 2 is 1.95 bits per heavy atom. The maximum Gasteiger partial charge on any atom is 0.0446 e. The standard InChI is InChI=1S/C19H31NO/c1-18(2,3)16(11-13-21)20-17-15-9-7-6-8-14(15)10-12-19(17,4)5/h6-9,16-17,20-21H,10-13H2,1-5H3. The first kappa shape index (κ1) is 16.5. The molecule has 118 valence electrons. The third-order valence-corrected chi connectivity index (χ3v) is 5.02. The molecule has 2 nitrogen and oxygen atoms in total. The van der Waals surface area contributed by atoms with Gasteiger partial charge in [-0.25, -0.2) is 0 Å². The van der Waals surface area contributed by atoms with Crippen LogP contribution in [0.5, 0.6) is 0 Å². The van der Waals surface area contributed by atoms with Gasteiger partial charge in [0.15, 0.2) is 0 Å². The van der Waals surface area contributed by atoms with Gasteiger partial charge >= 0.3 is 0 Å². The number of benzene rings is 1. The number of aliphatic hydroxyl groups is 1. The monoisotopic (exact) mass is 289 g/mol. The molecule has 0 bridgehead atoms. The summed E-state index contributed by atoms with van der Waals surface area (Å²) >= 11 is 0. The molecule has 2 unspecified atom stereocenters. The van der Waals surface area contributed by atoms with Crippen molar-refractivity contribution >= 4 is 0 Å². The Hall–Kier alpha value is -0.860. The first-order valence-electron chi connectivity index (χ1n) is 8.20. The molecular formula is C19H31NO. The Morgan fingerprint density at radius 3 is 2.57 bits per heavy atom. The summed E-state index contributed by atoms with van der Waals surface area (Å²) in [7, 11) is 0. The summed E-state index contributed by atoms with van der Waals surface area (Å²) in [6, 6.07) is 9.50. The van der Waals surface area contributed by atoms with E-state index >= 15 is 0 Å². The van der Waals surface area contributed by atoms with E-state index in [1.807, 2.05) is 0 Å². The fourth-order valence-electron chi connectivity index (χ4n) is 3.48. The molecule has 0 spiro atoms. The van der Waals surface area contributed by atoms with E-state index in [0.717, 1.165) is 6.42 Å². The average molecular weight is 289 g/mol. The number of rotatable bonds is 4. The van der Waals surface area contributed by atoms with Gasteiger partial charge in [0.25, 0.3) is 0 Å². The van der Waals surface area contributed by atoms with Gasteiger partial charge in [-0.15, -0.1) is 0 Å². The number of aliphatic hydroxyl groups excluding tert-OH is 1. The molecule has 0 saturated carbocycles. The average Bonchev–Trinajstić information content (AvgIpc) is 2.39. The molecule has 2 rings (SSSR count). The highest BCUT2D eigenvalue weighted by Gasteiger charge is 2.38. The van der Waals surface area contributed by atoms with Crippen molar-refractivity contribution in [3.63, 3.8) is 0 Å². The maximum absolute atomic E-state index is 9.41. The van der Waals surface area contributed by atoms with Crippen LogP contribution < -0.4 is 5.32 Å². The van der Waals surface area contributed by atoms with Crippen molar-refractivity contribution in [2.24, 2.45) is 10.8 Å². The Morgan fingerprint density at radius 1 is 1.29 bits per heavy atom. The first-order valence-corrected chi connectivity index (χ1v) is 8.20. The summed E-state index contributed by atoms with van der Waals surface area (Å²) in [6.07, 6.45) is 3.18. The zero-order chi connectivity index (χ0) is 15.7. The number of fused-ring (bicyclic) bond motifs is 1. The van der Waals surface area contributed by atoms with Gasteiger partial charge in [-0.1, -0.05) is 58.9 Å². The molecule has 1 aliphatic rings. The highest BCUT2D eigenvalue weighted by Crippen LogP contribution is 2.44. The van der Waals surface area contributed by atoms with Crippen LogP contribution in [-0.4, -0.2) is 17.8 Å². The summed E-state index contributed by atoms with van der Waals surface area (Å²) in [5.74, 6) is 0. The van der Waals surface area contributed by atoms with Gasteiger partial charge in [-0.05, 0) is 41.2 Å². The Kier molecular flexibility index (Phi) is 4.79. The Balaban J connectivity index is 2.31. The van der Waals surface area contributed by atoms with Gasteiger partial charge in [-0.3, -0.25) is 0 Å². The summed E-state index contributed by atoms with van der Waals surface area (Å²) in [5, 5.41) is 13.3. The lowest BCUT2D eigenvalue weighted by Gasteiger charge is -2.45. The fourth-order valence-corrected chi connectivity index (χ4v) is 3.48. The zero-order valence-electron chi connectivity index (χ0n) is 14.2. The van der Waals surface area contributed by atoms with Gasteiger partial charge < -0.3 is 10.4 Å². The van der Waals surface area contributed by atoms with Crippen molar-refractivity contribution in [3.05, 3.63) is 35.4 Å². The van der Waals surface area contributed by atoms with Crippen LogP contribution in [0.4, 0.5) is 0 Å². The van der Waals surface area contributed by atoms with Gasteiger partial charge in [0.2, 0.25) is 0 Å². The van der Waals surface area contributed by atoms with E-state index in [1.165, 1.54) is 24.0 Å². The van der Waals surface area contributed by atoms with Gasteiger partial charge in [0.1, 0.15) is 0 Å². The SMILES string of the molecule is CC(C)(C)C(CCO)NC1c2ccccc2CCC1(C)C. The number of hydrogen-bond acceptors (Lipinski definition) is 2. The molecule has 0 aromatic heterocycles. The van der Waals surface area contributed by atoms with Crippen molar-refractivity contribution < 1.29 is 5.11 Å². The van der Waals surface area contributed by atoms with Crippen LogP contribution in [0.1, 0.15) is 64.6 Å². The van der Waals surface area contributed by atoms with E-state index in [-0.39, 0.29) is 17.4 Å². The molecule has 2 heteroatoms. The molecule has 2 N–H and O–H groups in total. The minimum Gasteiger partial charge on any atom is -0.396 e. The van der Waals surface area contributed by atoms with Gasteiger partial charge in [0, 0.05) is 18.7 Å². The van der Waals surface area contributed by atoms with Crippen molar-refractivity contribution in [2.75, 3.05) is 6.61 Å². The van der Waals surface area contributed by atoms with Crippen molar-refractivity contribution in [3.8, 4) is 0 Å². The van der Waals surface area contributed by atoms with E-state index in [9.17, 15) is 5.11 Å². The predicted octanol–water partition coefficient (Wildman–Crippen LogP) is 4.09. The molecule has 1 aromatic carbocycles. The van der Waals surface area contributed by atoms with Crippen LogP contribution in [0.2, 0.25) is 0 Å². The molecule has 1 aliphatic carbocycles. The van der Waals surface area contributed by atoms with Crippen LogP contribution in [0, 0.1) is 10.8 Å². The molecular weight excluding hydrogens is 258 g/mol. The second-order valence-electron chi connectivity index (χ2n) is 8.22. The lowest BCUT2D eigenvalue weighted by molar-refractivity contribution is 0.132. The topological polar surface area (TPSA) is 32.3 Å². The Labute approximate surface area is 130 Å². The lowest BCUT2D eigenvalue weighted by atomic mass is 9.69. The second kappa shape index (κ2) is 6.10. The fraction of sp³-hybridized carbons (Fsp3) is 0.684.